The first-order chi connectivity index (χ1) is 9.54. The van der Waals surface area contributed by atoms with E-state index in [1.807, 2.05) is 25.1 Å². The Morgan fingerprint density at radius 2 is 2.05 bits per heavy atom. The van der Waals surface area contributed by atoms with Gasteiger partial charge in [-0.15, -0.1) is 0 Å². The maximum Gasteiger partial charge on any atom is 0.137 e. The summed E-state index contributed by atoms with van der Waals surface area (Å²) >= 11 is 3.16. The number of hydrogen-bond donors (Lipinski definition) is 1. The fourth-order valence-corrected chi connectivity index (χ4v) is 2.79. The van der Waals surface area contributed by atoms with Crippen LogP contribution in [0.1, 0.15) is 35.3 Å². The zero-order valence-corrected chi connectivity index (χ0v) is 12.7. The largest absolute Gasteiger partial charge is 0.485 e. The standard InChI is InChI=1S/C16H15BrFNO/c1-9-2-5-15-11(6-9)14(19)8-16(20-15)10-3-4-12(17)13(18)7-10/h2-7,14,16H,8,19H2,1H3/t14-,16?/m0/s1. The summed E-state index contributed by atoms with van der Waals surface area (Å²) in [5.74, 6) is 0.511. The second kappa shape index (κ2) is 5.19. The molecule has 0 saturated heterocycles. The van der Waals surface area contributed by atoms with E-state index < -0.39 is 0 Å². The van der Waals surface area contributed by atoms with Crippen molar-refractivity contribution >= 4 is 15.9 Å². The van der Waals surface area contributed by atoms with E-state index in [1.165, 1.54) is 6.07 Å². The fourth-order valence-electron chi connectivity index (χ4n) is 2.54. The van der Waals surface area contributed by atoms with Gasteiger partial charge in [0.15, 0.2) is 0 Å². The van der Waals surface area contributed by atoms with Crippen molar-refractivity contribution in [3.8, 4) is 5.75 Å². The Hall–Kier alpha value is -1.39. The van der Waals surface area contributed by atoms with Gasteiger partial charge in [0.2, 0.25) is 0 Å². The highest BCUT2D eigenvalue weighted by molar-refractivity contribution is 9.10. The summed E-state index contributed by atoms with van der Waals surface area (Å²) < 4.78 is 20.1. The highest BCUT2D eigenvalue weighted by Crippen LogP contribution is 2.40. The van der Waals surface area contributed by atoms with Crippen LogP contribution in [0.4, 0.5) is 4.39 Å². The number of aryl methyl sites for hydroxylation is 1. The van der Waals surface area contributed by atoms with Crippen LogP contribution < -0.4 is 10.5 Å². The van der Waals surface area contributed by atoms with Gasteiger partial charge < -0.3 is 10.5 Å². The minimum Gasteiger partial charge on any atom is -0.485 e. The third-order valence-electron chi connectivity index (χ3n) is 3.62. The van der Waals surface area contributed by atoms with Crippen LogP contribution in [0.15, 0.2) is 40.9 Å². The molecule has 2 nitrogen and oxygen atoms in total. The molecule has 1 heterocycles. The zero-order chi connectivity index (χ0) is 14.3. The van der Waals surface area contributed by atoms with Gasteiger partial charge in [0.25, 0.3) is 0 Å². The molecule has 2 aromatic carbocycles. The van der Waals surface area contributed by atoms with Crippen LogP contribution in [-0.4, -0.2) is 0 Å². The van der Waals surface area contributed by atoms with Crippen molar-refractivity contribution in [1.29, 1.82) is 0 Å². The van der Waals surface area contributed by atoms with E-state index in [-0.39, 0.29) is 18.0 Å². The lowest BCUT2D eigenvalue weighted by Crippen LogP contribution is -2.24. The van der Waals surface area contributed by atoms with Gasteiger partial charge in [-0.1, -0.05) is 23.8 Å². The van der Waals surface area contributed by atoms with Gasteiger partial charge >= 0.3 is 0 Å². The molecule has 1 aliphatic rings. The summed E-state index contributed by atoms with van der Waals surface area (Å²) in [4.78, 5) is 0. The molecule has 3 rings (SSSR count). The first-order valence-electron chi connectivity index (χ1n) is 6.52. The van der Waals surface area contributed by atoms with Crippen molar-refractivity contribution in [2.75, 3.05) is 0 Å². The lowest BCUT2D eigenvalue weighted by Gasteiger charge is -2.31. The van der Waals surface area contributed by atoms with E-state index in [9.17, 15) is 4.39 Å². The van der Waals surface area contributed by atoms with E-state index in [2.05, 4.69) is 22.0 Å². The van der Waals surface area contributed by atoms with Gasteiger partial charge in [0.1, 0.15) is 17.7 Å². The lowest BCUT2D eigenvalue weighted by molar-refractivity contribution is 0.161. The number of hydrogen-bond acceptors (Lipinski definition) is 2. The van der Waals surface area contributed by atoms with Crippen LogP contribution in [0.2, 0.25) is 0 Å². The van der Waals surface area contributed by atoms with Crippen LogP contribution >= 0.6 is 15.9 Å². The summed E-state index contributed by atoms with van der Waals surface area (Å²) in [6.07, 6.45) is 0.445. The quantitative estimate of drug-likeness (QED) is 0.837. The van der Waals surface area contributed by atoms with E-state index in [4.69, 9.17) is 10.5 Å². The smallest absolute Gasteiger partial charge is 0.137 e. The Kier molecular flexibility index (Phi) is 3.52. The van der Waals surface area contributed by atoms with Gasteiger partial charge in [-0.05, 0) is 46.6 Å². The van der Waals surface area contributed by atoms with E-state index in [0.29, 0.717) is 10.9 Å². The molecule has 0 radical (unpaired) electrons. The number of fused-ring (bicyclic) bond motifs is 1. The molecule has 1 aliphatic heterocycles. The second-order valence-electron chi connectivity index (χ2n) is 5.16. The third-order valence-corrected chi connectivity index (χ3v) is 4.26. The molecule has 0 aromatic heterocycles. The van der Waals surface area contributed by atoms with Crippen LogP contribution in [0.3, 0.4) is 0 Å². The molecule has 0 aliphatic carbocycles. The van der Waals surface area contributed by atoms with Crippen LogP contribution in [0, 0.1) is 12.7 Å². The molecule has 0 amide bonds. The molecule has 2 atom stereocenters. The van der Waals surface area contributed by atoms with E-state index in [1.54, 1.807) is 6.07 Å². The van der Waals surface area contributed by atoms with Crippen LogP contribution in [-0.2, 0) is 0 Å². The molecule has 2 N–H and O–H groups in total. The Balaban J connectivity index is 1.94. The Bertz CT molecular complexity index is 659. The maximum absolute atomic E-state index is 13.6. The van der Waals surface area contributed by atoms with E-state index in [0.717, 1.165) is 22.4 Å². The maximum atomic E-state index is 13.6. The average Bonchev–Trinajstić information content (AvgIpc) is 2.42. The third kappa shape index (κ3) is 2.45. The highest BCUT2D eigenvalue weighted by atomic mass is 79.9. The Labute approximate surface area is 125 Å². The van der Waals surface area contributed by atoms with Crippen molar-refractivity contribution < 1.29 is 9.13 Å². The molecule has 4 heteroatoms. The SMILES string of the molecule is Cc1ccc2c(c1)[C@@H](N)CC(c1ccc(Br)c(F)c1)O2. The monoisotopic (exact) mass is 335 g/mol. The van der Waals surface area contributed by atoms with Gasteiger partial charge in [-0.25, -0.2) is 4.39 Å². The minimum atomic E-state index is -0.283. The number of nitrogens with two attached hydrogens (primary N) is 1. The summed E-state index contributed by atoms with van der Waals surface area (Å²) in [5, 5.41) is 0. The summed E-state index contributed by atoms with van der Waals surface area (Å²) in [7, 11) is 0. The average molecular weight is 336 g/mol. The first-order valence-corrected chi connectivity index (χ1v) is 7.31. The fraction of sp³-hybridized carbons (Fsp3) is 0.250. The summed E-state index contributed by atoms with van der Waals surface area (Å²) in [5.41, 5.74) is 9.23. The number of ether oxygens (including phenoxy) is 1. The lowest BCUT2D eigenvalue weighted by atomic mass is 9.92. The Morgan fingerprint density at radius 1 is 1.25 bits per heavy atom. The van der Waals surface area contributed by atoms with Crippen LogP contribution in [0.25, 0.3) is 0 Å². The molecular formula is C16H15BrFNO. The van der Waals surface area contributed by atoms with Crippen molar-refractivity contribution in [2.24, 2.45) is 5.73 Å². The molecular weight excluding hydrogens is 321 g/mol. The molecule has 1 unspecified atom stereocenters. The van der Waals surface area contributed by atoms with Crippen molar-refractivity contribution in [3.63, 3.8) is 0 Å². The topological polar surface area (TPSA) is 35.2 Å². The van der Waals surface area contributed by atoms with E-state index >= 15 is 0 Å². The number of rotatable bonds is 1. The zero-order valence-electron chi connectivity index (χ0n) is 11.1. The molecule has 0 spiro atoms. The predicted octanol–water partition coefficient (Wildman–Crippen LogP) is 4.42. The van der Waals surface area contributed by atoms with Gasteiger partial charge in [0, 0.05) is 18.0 Å². The molecule has 0 saturated carbocycles. The second-order valence-corrected chi connectivity index (χ2v) is 6.02. The van der Waals surface area contributed by atoms with Crippen molar-refractivity contribution in [3.05, 3.63) is 63.4 Å². The Morgan fingerprint density at radius 3 is 2.80 bits per heavy atom. The number of benzene rings is 2. The summed E-state index contributed by atoms with van der Waals surface area (Å²) in [6.45, 7) is 2.03. The van der Waals surface area contributed by atoms with Crippen LogP contribution in [0.5, 0.6) is 5.75 Å². The van der Waals surface area contributed by atoms with Gasteiger partial charge in [-0.2, -0.15) is 0 Å². The first kappa shape index (κ1) is 13.6. The molecule has 104 valence electrons. The summed E-state index contributed by atoms with van der Waals surface area (Å²) in [6, 6.07) is 11.0. The highest BCUT2D eigenvalue weighted by Gasteiger charge is 2.27. The molecule has 0 bridgehead atoms. The number of halogens is 2. The van der Waals surface area contributed by atoms with Gasteiger partial charge in [-0.3, -0.25) is 0 Å². The molecule has 20 heavy (non-hydrogen) atoms. The minimum absolute atomic E-state index is 0.0876. The van der Waals surface area contributed by atoms with Gasteiger partial charge in [0.05, 0.1) is 4.47 Å². The van der Waals surface area contributed by atoms with Crippen molar-refractivity contribution in [2.45, 2.75) is 25.5 Å². The normalized spacial score (nSPS) is 21.2. The van der Waals surface area contributed by atoms with Crippen molar-refractivity contribution in [1.82, 2.24) is 0 Å². The predicted molar refractivity (Wildman–Crippen MR) is 80.2 cm³/mol. The molecule has 0 fully saturated rings. The molecule has 2 aromatic rings.